The molecule has 0 heterocycles. The van der Waals surface area contributed by atoms with E-state index in [0.717, 1.165) is 0 Å². The van der Waals surface area contributed by atoms with Gasteiger partial charge in [-0.15, -0.1) is 0 Å². The number of methoxy groups -OCH3 is 1. The van der Waals surface area contributed by atoms with Gasteiger partial charge in [0.2, 0.25) is 0 Å². The van der Waals surface area contributed by atoms with Crippen molar-refractivity contribution in [2.45, 2.75) is 0 Å². The molecule has 18 heavy (non-hydrogen) atoms. The lowest BCUT2D eigenvalue weighted by molar-refractivity contribution is 0.103. The molecular formula is C14H10ClFO2. The Kier molecular flexibility index (Phi) is 3.63. The molecule has 0 fully saturated rings. The van der Waals surface area contributed by atoms with Crippen molar-refractivity contribution in [2.24, 2.45) is 0 Å². The van der Waals surface area contributed by atoms with Crippen LogP contribution in [0.3, 0.4) is 0 Å². The molecule has 0 spiro atoms. The molecule has 0 bridgehead atoms. The van der Waals surface area contributed by atoms with E-state index < -0.39 is 11.6 Å². The van der Waals surface area contributed by atoms with Crippen LogP contribution in [0.5, 0.6) is 5.75 Å². The highest BCUT2D eigenvalue weighted by molar-refractivity contribution is 6.31. The van der Waals surface area contributed by atoms with Gasteiger partial charge in [-0.3, -0.25) is 4.79 Å². The van der Waals surface area contributed by atoms with Gasteiger partial charge in [0.25, 0.3) is 0 Å². The summed E-state index contributed by atoms with van der Waals surface area (Å²) < 4.78 is 18.6. The first-order valence-electron chi connectivity index (χ1n) is 5.26. The van der Waals surface area contributed by atoms with Gasteiger partial charge in [0, 0.05) is 5.02 Å². The van der Waals surface area contributed by atoms with Crippen molar-refractivity contribution in [2.75, 3.05) is 7.11 Å². The predicted molar refractivity (Wildman–Crippen MR) is 67.8 cm³/mol. The quantitative estimate of drug-likeness (QED) is 0.790. The SMILES string of the molecule is COc1ccc(Cl)cc1C(=O)c1ccccc1F. The van der Waals surface area contributed by atoms with Crippen molar-refractivity contribution in [3.8, 4) is 5.75 Å². The molecule has 0 aliphatic heterocycles. The van der Waals surface area contributed by atoms with Crippen molar-refractivity contribution in [1.29, 1.82) is 0 Å². The summed E-state index contributed by atoms with van der Waals surface area (Å²) in [6, 6.07) is 10.5. The van der Waals surface area contributed by atoms with E-state index in [9.17, 15) is 9.18 Å². The number of ketones is 1. The molecule has 0 aliphatic rings. The van der Waals surface area contributed by atoms with Crippen LogP contribution in [0.4, 0.5) is 4.39 Å². The lowest BCUT2D eigenvalue weighted by Crippen LogP contribution is -2.06. The highest BCUT2D eigenvalue weighted by Crippen LogP contribution is 2.25. The van der Waals surface area contributed by atoms with Gasteiger partial charge in [-0.2, -0.15) is 0 Å². The predicted octanol–water partition coefficient (Wildman–Crippen LogP) is 3.72. The zero-order chi connectivity index (χ0) is 13.1. The summed E-state index contributed by atoms with van der Waals surface area (Å²) in [7, 11) is 1.45. The zero-order valence-corrected chi connectivity index (χ0v) is 10.4. The first-order chi connectivity index (χ1) is 8.63. The van der Waals surface area contributed by atoms with Gasteiger partial charge in [0.15, 0.2) is 5.78 Å². The van der Waals surface area contributed by atoms with Gasteiger partial charge in [-0.05, 0) is 30.3 Å². The van der Waals surface area contributed by atoms with Crippen molar-refractivity contribution in [1.82, 2.24) is 0 Å². The van der Waals surface area contributed by atoms with Crippen molar-refractivity contribution in [3.63, 3.8) is 0 Å². The third kappa shape index (κ3) is 2.36. The minimum atomic E-state index is -0.565. The number of rotatable bonds is 3. The second-order valence-electron chi connectivity index (χ2n) is 3.65. The summed E-state index contributed by atoms with van der Waals surface area (Å²) in [6.45, 7) is 0. The van der Waals surface area contributed by atoms with Crippen molar-refractivity contribution in [3.05, 3.63) is 64.4 Å². The van der Waals surface area contributed by atoms with E-state index in [2.05, 4.69) is 0 Å². The van der Waals surface area contributed by atoms with Crippen LogP contribution in [0, 0.1) is 5.82 Å². The van der Waals surface area contributed by atoms with Gasteiger partial charge in [-0.1, -0.05) is 23.7 Å². The van der Waals surface area contributed by atoms with E-state index in [0.29, 0.717) is 10.8 Å². The van der Waals surface area contributed by atoms with E-state index in [4.69, 9.17) is 16.3 Å². The van der Waals surface area contributed by atoms with Crippen LogP contribution in [0.15, 0.2) is 42.5 Å². The number of hydrogen-bond acceptors (Lipinski definition) is 2. The number of ether oxygens (including phenoxy) is 1. The molecule has 0 radical (unpaired) electrons. The van der Waals surface area contributed by atoms with E-state index in [-0.39, 0.29) is 11.1 Å². The Labute approximate surface area is 109 Å². The summed E-state index contributed by atoms with van der Waals surface area (Å²) in [5, 5.41) is 0.399. The van der Waals surface area contributed by atoms with Gasteiger partial charge in [0.1, 0.15) is 11.6 Å². The smallest absolute Gasteiger partial charge is 0.199 e. The Morgan fingerprint density at radius 2 is 1.89 bits per heavy atom. The van der Waals surface area contributed by atoms with E-state index >= 15 is 0 Å². The van der Waals surface area contributed by atoms with E-state index in [1.165, 1.54) is 31.4 Å². The second kappa shape index (κ2) is 5.19. The first kappa shape index (κ1) is 12.6. The standard InChI is InChI=1S/C14H10ClFO2/c1-18-13-7-6-9(15)8-11(13)14(17)10-4-2-3-5-12(10)16/h2-8H,1H3. The van der Waals surface area contributed by atoms with Crippen LogP contribution in [0.25, 0.3) is 0 Å². The fourth-order valence-corrected chi connectivity index (χ4v) is 1.82. The molecule has 2 rings (SSSR count). The normalized spacial score (nSPS) is 10.2. The Balaban J connectivity index is 2.52. The number of carbonyl (C=O) groups excluding carboxylic acids is 1. The zero-order valence-electron chi connectivity index (χ0n) is 9.61. The van der Waals surface area contributed by atoms with Gasteiger partial charge >= 0.3 is 0 Å². The number of halogens is 2. The molecule has 0 N–H and O–H groups in total. The molecule has 2 nitrogen and oxygen atoms in total. The molecule has 0 atom stereocenters. The molecule has 0 aromatic heterocycles. The van der Waals surface area contributed by atoms with Crippen molar-refractivity contribution >= 4 is 17.4 Å². The topological polar surface area (TPSA) is 26.3 Å². The van der Waals surface area contributed by atoms with E-state index in [1.54, 1.807) is 18.2 Å². The van der Waals surface area contributed by atoms with Gasteiger partial charge in [0.05, 0.1) is 18.2 Å². The molecule has 0 saturated heterocycles. The summed E-state index contributed by atoms with van der Waals surface area (Å²) in [4.78, 5) is 12.2. The van der Waals surface area contributed by atoms with Crippen LogP contribution in [-0.2, 0) is 0 Å². The molecule has 0 saturated carbocycles. The largest absolute Gasteiger partial charge is 0.496 e. The molecule has 0 unspecified atom stereocenters. The van der Waals surface area contributed by atoms with Crippen LogP contribution >= 0.6 is 11.6 Å². The maximum atomic E-state index is 13.6. The molecular weight excluding hydrogens is 255 g/mol. The monoisotopic (exact) mass is 264 g/mol. The Morgan fingerprint density at radius 1 is 1.17 bits per heavy atom. The third-order valence-electron chi connectivity index (χ3n) is 2.52. The summed E-state index contributed by atoms with van der Waals surface area (Å²) in [5.41, 5.74) is 0.244. The number of benzene rings is 2. The van der Waals surface area contributed by atoms with Gasteiger partial charge in [-0.25, -0.2) is 4.39 Å². The lowest BCUT2D eigenvalue weighted by atomic mass is 10.0. The summed E-state index contributed by atoms with van der Waals surface area (Å²) in [5.74, 6) is -0.648. The third-order valence-corrected chi connectivity index (χ3v) is 2.76. The minimum Gasteiger partial charge on any atom is -0.496 e. The Morgan fingerprint density at radius 3 is 2.56 bits per heavy atom. The first-order valence-corrected chi connectivity index (χ1v) is 5.64. The molecule has 92 valence electrons. The Bertz CT molecular complexity index is 596. The maximum Gasteiger partial charge on any atom is 0.199 e. The number of carbonyl (C=O) groups is 1. The highest BCUT2D eigenvalue weighted by Gasteiger charge is 2.17. The molecule has 0 aliphatic carbocycles. The summed E-state index contributed by atoms with van der Waals surface area (Å²) >= 11 is 5.84. The van der Waals surface area contributed by atoms with Crippen molar-refractivity contribution < 1.29 is 13.9 Å². The maximum absolute atomic E-state index is 13.6. The average Bonchev–Trinajstić information content (AvgIpc) is 2.38. The Hall–Kier alpha value is -1.87. The van der Waals surface area contributed by atoms with Gasteiger partial charge < -0.3 is 4.74 Å². The average molecular weight is 265 g/mol. The minimum absolute atomic E-state index is 0.00179. The fourth-order valence-electron chi connectivity index (χ4n) is 1.65. The highest BCUT2D eigenvalue weighted by atomic mass is 35.5. The van der Waals surface area contributed by atoms with Crippen LogP contribution in [0.2, 0.25) is 5.02 Å². The fraction of sp³-hybridized carbons (Fsp3) is 0.0714. The van der Waals surface area contributed by atoms with E-state index in [1.807, 2.05) is 0 Å². The van der Waals surface area contributed by atoms with Crippen LogP contribution < -0.4 is 4.74 Å². The molecule has 0 amide bonds. The number of hydrogen-bond donors (Lipinski definition) is 0. The molecule has 4 heteroatoms. The molecule has 2 aromatic rings. The van der Waals surface area contributed by atoms with Crippen LogP contribution in [0.1, 0.15) is 15.9 Å². The molecule has 2 aromatic carbocycles. The van der Waals surface area contributed by atoms with Crippen LogP contribution in [-0.4, -0.2) is 12.9 Å². The second-order valence-corrected chi connectivity index (χ2v) is 4.09. The lowest BCUT2D eigenvalue weighted by Gasteiger charge is -2.08. The summed E-state index contributed by atoms with van der Waals surface area (Å²) in [6.07, 6.45) is 0.